The number of hydrogen-bond donors (Lipinski definition) is 0. The van der Waals surface area contributed by atoms with Crippen LogP contribution in [0.4, 0.5) is 5.69 Å². The summed E-state index contributed by atoms with van der Waals surface area (Å²) in [6.07, 6.45) is 1.80. The Morgan fingerprint density at radius 2 is 1.77 bits per heavy atom. The van der Waals surface area contributed by atoms with Crippen LogP contribution in [0.15, 0.2) is 63.7 Å². The molecule has 4 rings (SSSR count). The standard InChI is InChI=1S/C24H23N3O3S/c1-15-9-16(2)11-20(10-15)27-23(28)22(13-18-5-7-21(29-4)8-6-18)25-24(27)31-14-19-12-17(3)30-26-19/h5-13H,14H2,1-4H3/b22-13-. The first-order chi connectivity index (χ1) is 14.9. The van der Waals surface area contributed by atoms with Crippen LogP contribution in [0.5, 0.6) is 5.75 Å². The summed E-state index contributed by atoms with van der Waals surface area (Å²) in [4.78, 5) is 19.7. The van der Waals surface area contributed by atoms with Gasteiger partial charge in [0.2, 0.25) is 0 Å². The molecular formula is C24H23N3O3S. The number of nitrogens with zero attached hydrogens (tertiary/aromatic N) is 3. The number of amides is 1. The van der Waals surface area contributed by atoms with Crippen LogP contribution < -0.4 is 9.64 Å². The second kappa shape index (κ2) is 8.81. The molecule has 2 heterocycles. The van der Waals surface area contributed by atoms with E-state index in [0.717, 1.165) is 39.6 Å². The Morgan fingerprint density at radius 1 is 1.06 bits per heavy atom. The van der Waals surface area contributed by atoms with Crippen LogP contribution in [0.25, 0.3) is 6.08 Å². The van der Waals surface area contributed by atoms with Crippen molar-refractivity contribution in [2.45, 2.75) is 26.5 Å². The average molecular weight is 434 g/mol. The summed E-state index contributed by atoms with van der Waals surface area (Å²) in [5.41, 5.74) is 5.07. The van der Waals surface area contributed by atoms with E-state index in [-0.39, 0.29) is 5.91 Å². The van der Waals surface area contributed by atoms with Crippen molar-refractivity contribution in [3.8, 4) is 5.75 Å². The number of carbonyl (C=O) groups excluding carboxylic acids is 1. The number of aliphatic imine (C=N–C) groups is 1. The zero-order valence-corrected chi connectivity index (χ0v) is 18.7. The first-order valence-electron chi connectivity index (χ1n) is 9.85. The van der Waals surface area contributed by atoms with Gasteiger partial charge in [0.25, 0.3) is 5.91 Å². The molecule has 0 bridgehead atoms. The zero-order valence-electron chi connectivity index (χ0n) is 17.9. The van der Waals surface area contributed by atoms with Crippen LogP contribution in [0.2, 0.25) is 0 Å². The first-order valence-corrected chi connectivity index (χ1v) is 10.8. The van der Waals surface area contributed by atoms with E-state index < -0.39 is 0 Å². The maximum Gasteiger partial charge on any atom is 0.283 e. The third-order valence-corrected chi connectivity index (χ3v) is 5.71. The molecule has 0 unspecified atom stereocenters. The fourth-order valence-corrected chi connectivity index (χ4v) is 4.28. The van der Waals surface area contributed by atoms with Gasteiger partial charge in [0, 0.05) is 11.8 Å². The van der Waals surface area contributed by atoms with Gasteiger partial charge in [-0.05, 0) is 67.8 Å². The van der Waals surface area contributed by atoms with Crippen molar-refractivity contribution in [2.24, 2.45) is 4.99 Å². The Balaban J connectivity index is 1.68. The molecule has 158 valence electrons. The van der Waals surface area contributed by atoms with Crippen molar-refractivity contribution in [3.63, 3.8) is 0 Å². The normalized spacial score (nSPS) is 15.0. The SMILES string of the molecule is COc1ccc(/C=C2\N=C(SCc3cc(C)on3)N(c3cc(C)cc(C)c3)C2=O)cc1. The second-order valence-corrected chi connectivity index (χ2v) is 8.34. The fraction of sp³-hybridized carbons (Fsp3) is 0.208. The van der Waals surface area contributed by atoms with Gasteiger partial charge in [-0.15, -0.1) is 0 Å². The highest BCUT2D eigenvalue weighted by Crippen LogP contribution is 2.32. The zero-order chi connectivity index (χ0) is 22.0. The molecule has 0 saturated heterocycles. The minimum absolute atomic E-state index is 0.153. The molecule has 1 aromatic heterocycles. The number of anilines is 1. The van der Waals surface area contributed by atoms with Crippen molar-refractivity contribution < 1.29 is 14.1 Å². The summed E-state index contributed by atoms with van der Waals surface area (Å²) >= 11 is 1.46. The number of aromatic nitrogens is 1. The van der Waals surface area contributed by atoms with Gasteiger partial charge in [0.1, 0.15) is 17.2 Å². The van der Waals surface area contributed by atoms with E-state index >= 15 is 0 Å². The Morgan fingerprint density at radius 3 is 2.39 bits per heavy atom. The molecule has 6 nitrogen and oxygen atoms in total. The van der Waals surface area contributed by atoms with E-state index in [4.69, 9.17) is 9.26 Å². The average Bonchev–Trinajstić information content (AvgIpc) is 3.29. The van der Waals surface area contributed by atoms with E-state index in [1.54, 1.807) is 18.1 Å². The number of methoxy groups -OCH3 is 1. The number of amidine groups is 1. The molecule has 0 N–H and O–H groups in total. The molecule has 0 saturated carbocycles. The molecule has 1 aliphatic heterocycles. The van der Waals surface area contributed by atoms with E-state index in [9.17, 15) is 4.79 Å². The van der Waals surface area contributed by atoms with Crippen LogP contribution in [-0.2, 0) is 10.5 Å². The summed E-state index contributed by atoms with van der Waals surface area (Å²) in [6.45, 7) is 5.90. The lowest BCUT2D eigenvalue weighted by molar-refractivity contribution is -0.113. The summed E-state index contributed by atoms with van der Waals surface area (Å²) < 4.78 is 10.4. The third kappa shape index (κ3) is 4.72. The van der Waals surface area contributed by atoms with Crippen molar-refractivity contribution >= 4 is 34.6 Å². The second-order valence-electron chi connectivity index (χ2n) is 7.40. The maximum atomic E-state index is 13.4. The lowest BCUT2D eigenvalue weighted by atomic mass is 10.1. The number of rotatable bonds is 5. The van der Waals surface area contributed by atoms with E-state index in [1.165, 1.54) is 11.8 Å². The molecule has 0 radical (unpaired) electrons. The van der Waals surface area contributed by atoms with Crippen LogP contribution in [0.3, 0.4) is 0 Å². The van der Waals surface area contributed by atoms with Gasteiger partial charge in [-0.1, -0.05) is 35.1 Å². The summed E-state index contributed by atoms with van der Waals surface area (Å²) in [5, 5.41) is 4.66. The van der Waals surface area contributed by atoms with Gasteiger partial charge < -0.3 is 9.26 Å². The van der Waals surface area contributed by atoms with Crippen molar-refractivity contribution in [1.82, 2.24) is 5.16 Å². The lowest BCUT2D eigenvalue weighted by Crippen LogP contribution is -2.30. The van der Waals surface area contributed by atoms with Gasteiger partial charge in [-0.25, -0.2) is 4.99 Å². The molecule has 0 atom stereocenters. The lowest BCUT2D eigenvalue weighted by Gasteiger charge is -2.18. The van der Waals surface area contributed by atoms with Crippen LogP contribution >= 0.6 is 11.8 Å². The van der Waals surface area contributed by atoms with Gasteiger partial charge >= 0.3 is 0 Å². The molecular weight excluding hydrogens is 410 g/mol. The van der Waals surface area contributed by atoms with Crippen molar-refractivity contribution in [1.29, 1.82) is 0 Å². The molecule has 7 heteroatoms. The van der Waals surface area contributed by atoms with Gasteiger partial charge in [0.15, 0.2) is 5.17 Å². The monoisotopic (exact) mass is 433 g/mol. The molecule has 1 aliphatic rings. The molecule has 1 amide bonds. The molecule has 31 heavy (non-hydrogen) atoms. The van der Waals surface area contributed by atoms with Crippen molar-refractivity contribution in [2.75, 3.05) is 12.0 Å². The highest BCUT2D eigenvalue weighted by Gasteiger charge is 2.32. The summed E-state index contributed by atoms with van der Waals surface area (Å²) in [6, 6.07) is 15.5. The topological polar surface area (TPSA) is 67.9 Å². The molecule has 0 spiro atoms. The summed E-state index contributed by atoms with van der Waals surface area (Å²) in [7, 11) is 1.62. The Hall–Kier alpha value is -3.32. The Bertz CT molecular complexity index is 1160. The Labute approximate surface area is 185 Å². The largest absolute Gasteiger partial charge is 0.497 e. The predicted octanol–water partition coefficient (Wildman–Crippen LogP) is 5.29. The van der Waals surface area contributed by atoms with Crippen LogP contribution in [0.1, 0.15) is 28.1 Å². The number of carbonyl (C=O) groups is 1. The first kappa shape index (κ1) is 20.9. The quantitative estimate of drug-likeness (QED) is 0.512. The number of benzene rings is 2. The maximum absolute atomic E-state index is 13.4. The molecule has 2 aromatic carbocycles. The van der Waals surface area contributed by atoms with Crippen molar-refractivity contribution in [3.05, 3.63) is 82.4 Å². The number of aryl methyl sites for hydroxylation is 3. The van der Waals surface area contributed by atoms with Crippen LogP contribution in [0, 0.1) is 20.8 Å². The van der Waals surface area contributed by atoms with E-state index in [1.807, 2.05) is 63.2 Å². The summed E-state index contributed by atoms with van der Waals surface area (Å²) in [5.74, 6) is 1.92. The van der Waals surface area contributed by atoms with Gasteiger partial charge in [-0.3, -0.25) is 9.69 Å². The number of ether oxygens (including phenoxy) is 1. The van der Waals surface area contributed by atoms with E-state index in [0.29, 0.717) is 16.6 Å². The highest BCUT2D eigenvalue weighted by atomic mass is 32.2. The predicted molar refractivity (Wildman–Crippen MR) is 124 cm³/mol. The molecule has 0 fully saturated rings. The Kier molecular flexibility index (Phi) is 5.95. The number of thioether (sulfide) groups is 1. The highest BCUT2D eigenvalue weighted by molar-refractivity contribution is 8.13. The number of hydrogen-bond acceptors (Lipinski definition) is 6. The van der Waals surface area contributed by atoms with Gasteiger partial charge in [0.05, 0.1) is 18.5 Å². The third-order valence-electron chi connectivity index (χ3n) is 4.74. The van der Waals surface area contributed by atoms with Crippen LogP contribution in [-0.4, -0.2) is 23.3 Å². The minimum atomic E-state index is -0.153. The molecule has 3 aromatic rings. The molecule has 0 aliphatic carbocycles. The minimum Gasteiger partial charge on any atom is -0.497 e. The smallest absolute Gasteiger partial charge is 0.283 e. The van der Waals surface area contributed by atoms with Gasteiger partial charge in [-0.2, -0.15) is 0 Å². The fourth-order valence-electron chi connectivity index (χ4n) is 3.38. The van der Waals surface area contributed by atoms with E-state index in [2.05, 4.69) is 16.2 Å².